The standard InChI is InChI=1S/C23H24N4O2/c1-15-18(27-11-7-6-10-20(27)24-15)12-26-13-19-23(2,14-26)21(28)16-8-4-5-9-17(16)22(29)25(19)3/h4-11,19H,12-14H2,1-3H3/t19-,23+/m1/s1. The van der Waals surface area contributed by atoms with Crippen molar-refractivity contribution in [3.63, 3.8) is 0 Å². The number of aromatic nitrogens is 2. The maximum atomic E-state index is 13.5. The molecule has 2 atom stereocenters. The van der Waals surface area contributed by atoms with E-state index in [-0.39, 0.29) is 17.7 Å². The summed E-state index contributed by atoms with van der Waals surface area (Å²) in [6.45, 7) is 6.00. The van der Waals surface area contributed by atoms with Gasteiger partial charge in [0.1, 0.15) is 5.65 Å². The van der Waals surface area contributed by atoms with Crippen LogP contribution in [-0.4, -0.2) is 57.1 Å². The molecule has 0 aliphatic carbocycles. The summed E-state index contributed by atoms with van der Waals surface area (Å²) in [5, 5.41) is 0. The Morgan fingerprint density at radius 3 is 2.62 bits per heavy atom. The van der Waals surface area contributed by atoms with Gasteiger partial charge in [-0.3, -0.25) is 14.5 Å². The lowest BCUT2D eigenvalue weighted by molar-refractivity contribution is 0.0606. The van der Waals surface area contributed by atoms with Crippen LogP contribution >= 0.6 is 0 Å². The molecule has 6 nitrogen and oxygen atoms in total. The summed E-state index contributed by atoms with van der Waals surface area (Å²) in [6, 6.07) is 13.0. The van der Waals surface area contributed by atoms with E-state index in [0.29, 0.717) is 30.8 Å². The number of aryl methyl sites for hydroxylation is 1. The topological polar surface area (TPSA) is 57.9 Å². The molecule has 1 aromatic carbocycles. The summed E-state index contributed by atoms with van der Waals surface area (Å²) >= 11 is 0. The number of rotatable bonds is 2. The number of hydrogen-bond acceptors (Lipinski definition) is 4. The number of ketones is 1. The van der Waals surface area contributed by atoms with Gasteiger partial charge < -0.3 is 9.30 Å². The number of likely N-dealkylation sites (tertiary alicyclic amines) is 1. The molecule has 148 valence electrons. The lowest BCUT2D eigenvalue weighted by Gasteiger charge is -2.32. The molecule has 1 fully saturated rings. The molecular weight excluding hydrogens is 364 g/mol. The van der Waals surface area contributed by atoms with Crippen molar-refractivity contribution in [1.29, 1.82) is 0 Å². The smallest absolute Gasteiger partial charge is 0.254 e. The largest absolute Gasteiger partial charge is 0.336 e. The fraction of sp³-hybridized carbons (Fsp3) is 0.348. The second kappa shape index (κ2) is 6.26. The maximum Gasteiger partial charge on any atom is 0.254 e. The van der Waals surface area contributed by atoms with E-state index in [2.05, 4.69) is 14.3 Å². The van der Waals surface area contributed by atoms with Crippen LogP contribution in [0, 0.1) is 12.3 Å². The minimum Gasteiger partial charge on any atom is -0.336 e. The first kappa shape index (κ1) is 18.1. The summed E-state index contributed by atoms with van der Waals surface area (Å²) < 4.78 is 2.11. The molecule has 1 saturated heterocycles. The lowest BCUT2D eigenvalue weighted by atomic mass is 9.78. The molecule has 0 unspecified atom stereocenters. The quantitative estimate of drug-likeness (QED) is 0.677. The average Bonchev–Trinajstić information content (AvgIpc) is 3.22. The van der Waals surface area contributed by atoms with Crippen LogP contribution in [0.15, 0.2) is 48.7 Å². The molecule has 0 N–H and O–H groups in total. The molecular formula is C23H24N4O2. The lowest BCUT2D eigenvalue weighted by Crippen LogP contribution is -2.47. The van der Waals surface area contributed by atoms with Crippen molar-refractivity contribution in [2.45, 2.75) is 26.4 Å². The number of carbonyl (C=O) groups excluding carboxylic acids is 2. The molecule has 4 heterocycles. The zero-order chi connectivity index (χ0) is 20.3. The predicted octanol–water partition coefficient (Wildman–Crippen LogP) is 2.80. The van der Waals surface area contributed by atoms with E-state index < -0.39 is 5.41 Å². The van der Waals surface area contributed by atoms with Gasteiger partial charge in [-0.05, 0) is 32.0 Å². The van der Waals surface area contributed by atoms with Gasteiger partial charge in [0.05, 0.1) is 28.4 Å². The van der Waals surface area contributed by atoms with Crippen LogP contribution in [0.5, 0.6) is 0 Å². The van der Waals surface area contributed by atoms with Crippen molar-refractivity contribution in [2.24, 2.45) is 5.41 Å². The highest BCUT2D eigenvalue weighted by atomic mass is 16.2. The number of amides is 1. The summed E-state index contributed by atoms with van der Waals surface area (Å²) in [5.74, 6) is -0.0105. The van der Waals surface area contributed by atoms with E-state index in [1.165, 1.54) is 0 Å². The second-order valence-corrected chi connectivity index (χ2v) is 8.47. The summed E-state index contributed by atoms with van der Waals surface area (Å²) in [4.78, 5) is 35.3. The monoisotopic (exact) mass is 388 g/mol. The number of Topliss-reactive ketones (excluding diaryl/α,β-unsaturated/α-hetero) is 1. The van der Waals surface area contributed by atoms with Crippen LogP contribution in [0.1, 0.15) is 39.0 Å². The number of imidazole rings is 1. The Morgan fingerprint density at radius 1 is 1.10 bits per heavy atom. The normalized spacial score (nSPS) is 24.7. The van der Waals surface area contributed by atoms with Gasteiger partial charge in [0, 0.05) is 38.4 Å². The summed E-state index contributed by atoms with van der Waals surface area (Å²) in [7, 11) is 1.82. The van der Waals surface area contributed by atoms with Crippen LogP contribution < -0.4 is 0 Å². The Morgan fingerprint density at radius 2 is 1.83 bits per heavy atom. The number of benzene rings is 1. The Bertz CT molecular complexity index is 1150. The SMILES string of the molecule is Cc1nc2ccccn2c1CN1C[C@H]2N(C)C(=O)c3ccccc3C(=O)[C@@]2(C)C1. The van der Waals surface area contributed by atoms with Gasteiger partial charge in [-0.2, -0.15) is 0 Å². The Kier molecular flexibility index (Phi) is 3.90. The number of hydrogen-bond donors (Lipinski definition) is 0. The van der Waals surface area contributed by atoms with Gasteiger partial charge >= 0.3 is 0 Å². The third-order valence-electron chi connectivity index (χ3n) is 6.63. The van der Waals surface area contributed by atoms with E-state index in [9.17, 15) is 9.59 Å². The number of likely N-dealkylation sites (N-methyl/N-ethyl adjacent to an activating group) is 1. The van der Waals surface area contributed by atoms with Gasteiger partial charge in [0.2, 0.25) is 0 Å². The highest BCUT2D eigenvalue weighted by Crippen LogP contribution is 2.41. The molecule has 2 aromatic heterocycles. The van der Waals surface area contributed by atoms with Crippen molar-refractivity contribution in [2.75, 3.05) is 20.1 Å². The molecule has 1 amide bonds. The molecule has 0 spiro atoms. The van der Waals surface area contributed by atoms with E-state index in [0.717, 1.165) is 17.0 Å². The van der Waals surface area contributed by atoms with E-state index >= 15 is 0 Å². The first-order valence-electron chi connectivity index (χ1n) is 9.96. The predicted molar refractivity (Wildman–Crippen MR) is 110 cm³/mol. The Balaban J connectivity index is 1.52. The van der Waals surface area contributed by atoms with Crippen molar-refractivity contribution < 1.29 is 9.59 Å². The van der Waals surface area contributed by atoms with Crippen molar-refractivity contribution >= 4 is 17.3 Å². The fourth-order valence-corrected chi connectivity index (χ4v) is 5.05. The van der Waals surface area contributed by atoms with Crippen molar-refractivity contribution in [3.8, 4) is 0 Å². The van der Waals surface area contributed by atoms with E-state index in [1.54, 1.807) is 17.0 Å². The van der Waals surface area contributed by atoms with Gasteiger partial charge in [-0.15, -0.1) is 0 Å². The Labute approximate surface area is 169 Å². The van der Waals surface area contributed by atoms with Gasteiger partial charge in [-0.1, -0.05) is 24.3 Å². The first-order chi connectivity index (χ1) is 13.9. The molecule has 2 aliphatic rings. The third kappa shape index (κ3) is 2.55. The Hall–Kier alpha value is -2.99. The van der Waals surface area contributed by atoms with Gasteiger partial charge in [-0.25, -0.2) is 4.98 Å². The number of fused-ring (bicyclic) bond motifs is 3. The average molecular weight is 388 g/mol. The number of nitrogens with zero attached hydrogens (tertiary/aromatic N) is 4. The summed E-state index contributed by atoms with van der Waals surface area (Å²) in [6.07, 6.45) is 2.03. The number of pyridine rings is 1. The van der Waals surface area contributed by atoms with Gasteiger partial charge in [0.15, 0.2) is 5.78 Å². The highest BCUT2D eigenvalue weighted by Gasteiger charge is 2.53. The van der Waals surface area contributed by atoms with Crippen LogP contribution in [0.25, 0.3) is 5.65 Å². The molecule has 0 radical (unpaired) electrons. The fourth-order valence-electron chi connectivity index (χ4n) is 5.05. The molecule has 5 rings (SSSR count). The minimum atomic E-state index is -0.634. The van der Waals surface area contributed by atoms with Crippen LogP contribution in [0.2, 0.25) is 0 Å². The zero-order valence-corrected chi connectivity index (χ0v) is 16.9. The molecule has 0 saturated carbocycles. The molecule has 0 bridgehead atoms. The minimum absolute atomic E-state index is 0.0631. The number of carbonyl (C=O) groups is 2. The maximum absolute atomic E-state index is 13.5. The molecule has 6 heteroatoms. The highest BCUT2D eigenvalue weighted by molar-refractivity contribution is 6.12. The van der Waals surface area contributed by atoms with Gasteiger partial charge in [0.25, 0.3) is 5.91 Å². The summed E-state index contributed by atoms with van der Waals surface area (Å²) in [5.41, 5.74) is 3.47. The van der Waals surface area contributed by atoms with Crippen LogP contribution in [0.4, 0.5) is 0 Å². The van der Waals surface area contributed by atoms with E-state index in [4.69, 9.17) is 0 Å². The van der Waals surface area contributed by atoms with Crippen molar-refractivity contribution in [1.82, 2.24) is 19.2 Å². The van der Waals surface area contributed by atoms with E-state index in [1.807, 2.05) is 57.4 Å². The third-order valence-corrected chi connectivity index (χ3v) is 6.63. The van der Waals surface area contributed by atoms with Crippen LogP contribution in [0.3, 0.4) is 0 Å². The molecule has 3 aromatic rings. The molecule has 29 heavy (non-hydrogen) atoms. The second-order valence-electron chi connectivity index (χ2n) is 8.47. The van der Waals surface area contributed by atoms with Crippen LogP contribution in [-0.2, 0) is 6.54 Å². The van der Waals surface area contributed by atoms with Crippen molar-refractivity contribution in [3.05, 3.63) is 71.2 Å². The zero-order valence-electron chi connectivity index (χ0n) is 16.9. The first-order valence-corrected chi connectivity index (χ1v) is 9.96. The molecule has 2 aliphatic heterocycles.